The van der Waals surface area contributed by atoms with Gasteiger partial charge in [-0.2, -0.15) is 0 Å². The van der Waals surface area contributed by atoms with Crippen LogP contribution in [0.2, 0.25) is 0 Å². The molecule has 0 aromatic heterocycles. The van der Waals surface area contributed by atoms with Crippen LogP contribution in [-0.4, -0.2) is 10.2 Å². The molecule has 19 heavy (non-hydrogen) atoms. The Morgan fingerprint density at radius 2 is 1.74 bits per heavy atom. The summed E-state index contributed by atoms with van der Waals surface area (Å²) < 4.78 is 0. The van der Waals surface area contributed by atoms with Crippen LogP contribution in [0.1, 0.15) is 37.7 Å². The molecule has 2 bridgehead atoms. The number of benzene rings is 2. The van der Waals surface area contributed by atoms with Gasteiger partial charge in [-0.3, -0.25) is 0 Å². The van der Waals surface area contributed by atoms with E-state index in [0.717, 1.165) is 16.7 Å². The number of hydrogen-bond donors (Lipinski definition) is 2. The molecule has 0 spiro atoms. The molecular weight excluding hydrogens is 236 g/mol. The first-order valence-electron chi connectivity index (χ1n) is 7.14. The molecule has 2 aliphatic rings. The Hall–Kier alpha value is -1.70. The van der Waals surface area contributed by atoms with Crippen molar-refractivity contribution in [2.75, 3.05) is 0 Å². The fourth-order valence-corrected chi connectivity index (χ4v) is 4.38. The van der Waals surface area contributed by atoms with Gasteiger partial charge in [-0.1, -0.05) is 18.2 Å². The van der Waals surface area contributed by atoms with Gasteiger partial charge in [0.15, 0.2) is 0 Å². The van der Waals surface area contributed by atoms with Gasteiger partial charge in [-0.25, -0.2) is 0 Å². The molecule has 0 aliphatic heterocycles. The highest BCUT2D eigenvalue weighted by Crippen LogP contribution is 2.57. The van der Waals surface area contributed by atoms with Gasteiger partial charge in [0.2, 0.25) is 0 Å². The molecule has 2 aromatic rings. The Bertz CT molecular complexity index is 652. The van der Waals surface area contributed by atoms with Crippen molar-refractivity contribution < 1.29 is 10.2 Å². The second kappa shape index (κ2) is 3.66. The van der Waals surface area contributed by atoms with Gasteiger partial charge in [0, 0.05) is 10.8 Å². The second-order valence-electron chi connectivity index (χ2n) is 6.26. The first-order valence-corrected chi connectivity index (χ1v) is 7.14. The zero-order valence-corrected chi connectivity index (χ0v) is 10.9. The fraction of sp³-hybridized carbons (Fsp3) is 0.412. The van der Waals surface area contributed by atoms with Crippen molar-refractivity contribution in [3.05, 3.63) is 35.9 Å². The predicted octanol–water partition coefficient (Wildman–Crippen LogP) is 4.08. The molecule has 2 nitrogen and oxygen atoms in total. The maximum Gasteiger partial charge on any atom is 0.123 e. The lowest BCUT2D eigenvalue weighted by Gasteiger charge is -2.29. The minimum Gasteiger partial charge on any atom is -0.507 e. The number of phenols is 2. The molecule has 4 rings (SSSR count). The number of phenolic OH excluding ortho intramolecular Hbond substituents is 2. The van der Waals surface area contributed by atoms with Crippen molar-refractivity contribution in [2.24, 2.45) is 5.92 Å². The van der Waals surface area contributed by atoms with Gasteiger partial charge in [0.05, 0.1) is 0 Å². The van der Waals surface area contributed by atoms with Crippen LogP contribution < -0.4 is 0 Å². The van der Waals surface area contributed by atoms with Gasteiger partial charge in [-0.15, -0.1) is 0 Å². The van der Waals surface area contributed by atoms with Crippen LogP contribution in [0, 0.1) is 5.92 Å². The summed E-state index contributed by atoms with van der Waals surface area (Å²) in [5.41, 5.74) is 1.49. The summed E-state index contributed by atoms with van der Waals surface area (Å²) in [7, 11) is 0. The van der Waals surface area contributed by atoms with Crippen LogP contribution in [0.5, 0.6) is 11.5 Å². The molecule has 2 aromatic carbocycles. The molecule has 0 radical (unpaired) electrons. The molecule has 0 unspecified atom stereocenters. The highest BCUT2D eigenvalue weighted by atomic mass is 16.3. The number of fused-ring (bicyclic) bond motifs is 3. The van der Waals surface area contributed by atoms with Crippen LogP contribution in [-0.2, 0) is 5.41 Å². The van der Waals surface area contributed by atoms with E-state index in [1.165, 1.54) is 37.7 Å². The summed E-state index contributed by atoms with van der Waals surface area (Å²) in [5.74, 6) is 1.43. The first-order chi connectivity index (χ1) is 9.20. The minimum absolute atomic E-state index is 0.245. The van der Waals surface area contributed by atoms with Crippen molar-refractivity contribution in [1.29, 1.82) is 0 Å². The summed E-state index contributed by atoms with van der Waals surface area (Å²) in [6.45, 7) is 0. The van der Waals surface area contributed by atoms with E-state index in [0.29, 0.717) is 5.75 Å². The third-order valence-electron chi connectivity index (χ3n) is 5.31. The molecule has 98 valence electrons. The molecule has 2 aliphatic carbocycles. The molecular formula is C17H18O2. The quantitative estimate of drug-likeness (QED) is 0.805. The summed E-state index contributed by atoms with van der Waals surface area (Å²) in [6, 6.07) is 9.24. The molecule has 0 amide bonds. The lowest BCUT2D eigenvalue weighted by Crippen LogP contribution is -2.19. The summed E-state index contributed by atoms with van der Waals surface area (Å²) in [5, 5.41) is 21.9. The van der Waals surface area contributed by atoms with E-state index in [4.69, 9.17) is 0 Å². The number of hydrogen-bond acceptors (Lipinski definition) is 2. The highest BCUT2D eigenvalue weighted by Gasteiger charge is 2.46. The Morgan fingerprint density at radius 1 is 0.947 bits per heavy atom. The summed E-state index contributed by atoms with van der Waals surface area (Å²) in [4.78, 5) is 0. The molecule has 0 saturated heterocycles. The maximum atomic E-state index is 10.2. The third-order valence-corrected chi connectivity index (χ3v) is 5.31. The van der Waals surface area contributed by atoms with Crippen LogP contribution >= 0.6 is 0 Å². The van der Waals surface area contributed by atoms with E-state index in [1.807, 2.05) is 12.1 Å². The van der Waals surface area contributed by atoms with Crippen molar-refractivity contribution >= 4 is 10.8 Å². The number of aromatic hydroxyl groups is 2. The summed E-state index contributed by atoms with van der Waals surface area (Å²) in [6.07, 6.45) is 6.34. The monoisotopic (exact) mass is 254 g/mol. The van der Waals surface area contributed by atoms with E-state index >= 15 is 0 Å². The van der Waals surface area contributed by atoms with Crippen LogP contribution in [0.15, 0.2) is 30.3 Å². The summed E-state index contributed by atoms with van der Waals surface area (Å²) >= 11 is 0. The largest absolute Gasteiger partial charge is 0.507 e. The van der Waals surface area contributed by atoms with Gasteiger partial charge >= 0.3 is 0 Å². The van der Waals surface area contributed by atoms with Crippen LogP contribution in [0.25, 0.3) is 10.8 Å². The van der Waals surface area contributed by atoms with Crippen molar-refractivity contribution in [2.45, 2.75) is 37.5 Å². The highest BCUT2D eigenvalue weighted by molar-refractivity contribution is 5.96. The van der Waals surface area contributed by atoms with E-state index in [-0.39, 0.29) is 11.2 Å². The van der Waals surface area contributed by atoms with Crippen molar-refractivity contribution in [1.82, 2.24) is 0 Å². The predicted molar refractivity (Wildman–Crippen MR) is 75.5 cm³/mol. The SMILES string of the molecule is Oc1ccc(C23CCC(CC2)C3)c2c(O)cccc12. The van der Waals surface area contributed by atoms with Gasteiger partial charge in [0.1, 0.15) is 11.5 Å². The standard InChI is InChI=1S/C17H18O2/c18-14-5-4-13(16-12(14)2-1-3-15(16)19)17-8-6-11(10-17)7-9-17/h1-5,11,18-19H,6-10H2. The zero-order chi connectivity index (χ0) is 13.0. The zero-order valence-electron chi connectivity index (χ0n) is 10.9. The average Bonchev–Trinajstić information content (AvgIpc) is 3.01. The Labute approximate surface area is 112 Å². The van der Waals surface area contributed by atoms with E-state index < -0.39 is 0 Å². The lowest BCUT2D eigenvalue weighted by atomic mass is 9.75. The Morgan fingerprint density at radius 3 is 2.42 bits per heavy atom. The molecule has 0 heterocycles. The lowest BCUT2D eigenvalue weighted by molar-refractivity contribution is 0.418. The van der Waals surface area contributed by atoms with E-state index in [1.54, 1.807) is 18.2 Å². The normalized spacial score (nSPS) is 29.2. The minimum atomic E-state index is 0.245. The van der Waals surface area contributed by atoms with Gasteiger partial charge in [-0.05, 0) is 61.1 Å². The first kappa shape index (κ1) is 11.2. The Kier molecular flexibility index (Phi) is 2.15. The molecule has 0 atom stereocenters. The third kappa shape index (κ3) is 1.43. The van der Waals surface area contributed by atoms with Crippen molar-refractivity contribution in [3.8, 4) is 11.5 Å². The van der Waals surface area contributed by atoms with Crippen LogP contribution in [0.4, 0.5) is 0 Å². The maximum absolute atomic E-state index is 10.2. The smallest absolute Gasteiger partial charge is 0.123 e. The van der Waals surface area contributed by atoms with E-state index in [2.05, 4.69) is 0 Å². The van der Waals surface area contributed by atoms with Crippen molar-refractivity contribution in [3.63, 3.8) is 0 Å². The molecule has 2 heteroatoms. The Balaban J connectivity index is 2.03. The molecule has 2 N–H and O–H groups in total. The number of rotatable bonds is 1. The topological polar surface area (TPSA) is 40.5 Å². The van der Waals surface area contributed by atoms with E-state index in [9.17, 15) is 10.2 Å². The molecule has 2 saturated carbocycles. The average molecular weight is 254 g/mol. The fourth-order valence-electron chi connectivity index (χ4n) is 4.38. The second-order valence-corrected chi connectivity index (χ2v) is 6.26. The molecule has 2 fully saturated rings. The van der Waals surface area contributed by atoms with Crippen LogP contribution in [0.3, 0.4) is 0 Å². The van der Waals surface area contributed by atoms with Gasteiger partial charge in [0.25, 0.3) is 0 Å². The van der Waals surface area contributed by atoms with Gasteiger partial charge < -0.3 is 10.2 Å².